The number of carbonyl (C=O) groups excluding carboxylic acids is 1. The van der Waals surface area contributed by atoms with Gasteiger partial charge < -0.3 is 4.90 Å². The largest absolute Gasteiger partial charge is 0.328 e. The Kier molecular flexibility index (Phi) is 4.79. The molecule has 3 rings (SSSR count). The highest BCUT2D eigenvalue weighted by molar-refractivity contribution is 5.92. The second-order valence-electron chi connectivity index (χ2n) is 5.67. The van der Waals surface area contributed by atoms with Crippen molar-refractivity contribution in [1.29, 1.82) is 0 Å². The summed E-state index contributed by atoms with van der Waals surface area (Å²) in [6.07, 6.45) is 4.62. The summed E-state index contributed by atoms with van der Waals surface area (Å²) in [6.45, 7) is 1.80. The summed E-state index contributed by atoms with van der Waals surface area (Å²) in [5.74, 6) is -0.679. The van der Waals surface area contributed by atoms with E-state index < -0.39 is 6.04 Å². The minimum atomic E-state index is -0.535. The molecule has 5 nitrogen and oxygen atoms in total. The number of aryl methyl sites for hydroxylation is 1. The molecule has 1 atom stereocenters. The normalized spacial score (nSPS) is 11.8. The van der Waals surface area contributed by atoms with Crippen LogP contribution < -0.4 is 0 Å². The molecule has 25 heavy (non-hydrogen) atoms. The molecule has 1 aromatic carbocycles. The van der Waals surface area contributed by atoms with Crippen LogP contribution in [-0.2, 0) is 0 Å². The van der Waals surface area contributed by atoms with Gasteiger partial charge in [-0.3, -0.25) is 14.8 Å². The summed E-state index contributed by atoms with van der Waals surface area (Å²) >= 11 is 0. The van der Waals surface area contributed by atoms with Gasteiger partial charge in [0.1, 0.15) is 11.5 Å². The number of hydrogen-bond acceptors (Lipinski definition) is 4. The summed E-state index contributed by atoms with van der Waals surface area (Å²) in [4.78, 5) is 26.9. The third kappa shape index (κ3) is 3.68. The lowest BCUT2D eigenvalue weighted by molar-refractivity contribution is 0.0746. The van der Waals surface area contributed by atoms with Crippen molar-refractivity contribution in [1.82, 2.24) is 19.9 Å². The van der Waals surface area contributed by atoms with Crippen LogP contribution >= 0.6 is 0 Å². The van der Waals surface area contributed by atoms with Crippen molar-refractivity contribution in [3.8, 4) is 0 Å². The van der Waals surface area contributed by atoms with Gasteiger partial charge in [0.2, 0.25) is 0 Å². The summed E-state index contributed by atoms with van der Waals surface area (Å²) in [5.41, 5.74) is 2.23. The third-order valence-corrected chi connectivity index (χ3v) is 3.84. The lowest BCUT2D eigenvalue weighted by atomic mass is 10.0. The first-order valence-corrected chi connectivity index (χ1v) is 7.78. The molecule has 0 radical (unpaired) electrons. The molecule has 0 spiro atoms. The Labute approximate surface area is 145 Å². The van der Waals surface area contributed by atoms with Gasteiger partial charge in [-0.15, -0.1) is 0 Å². The molecular formula is C19H17FN4O. The van der Waals surface area contributed by atoms with Crippen molar-refractivity contribution in [2.75, 3.05) is 7.05 Å². The van der Waals surface area contributed by atoms with E-state index in [1.807, 2.05) is 6.07 Å². The molecule has 0 bridgehead atoms. The van der Waals surface area contributed by atoms with E-state index in [0.29, 0.717) is 11.3 Å². The average molecular weight is 336 g/mol. The monoisotopic (exact) mass is 336 g/mol. The van der Waals surface area contributed by atoms with Gasteiger partial charge in [-0.05, 0) is 36.8 Å². The summed E-state index contributed by atoms with van der Waals surface area (Å²) < 4.78 is 13.7. The van der Waals surface area contributed by atoms with Gasteiger partial charge in [-0.1, -0.05) is 18.2 Å². The van der Waals surface area contributed by atoms with Crippen molar-refractivity contribution in [3.63, 3.8) is 0 Å². The van der Waals surface area contributed by atoms with Crippen LogP contribution in [0.4, 0.5) is 4.39 Å². The number of halogens is 1. The predicted molar refractivity (Wildman–Crippen MR) is 91.3 cm³/mol. The van der Waals surface area contributed by atoms with E-state index >= 15 is 0 Å². The smallest absolute Gasteiger partial charge is 0.274 e. The zero-order valence-electron chi connectivity index (χ0n) is 13.9. The fourth-order valence-electron chi connectivity index (χ4n) is 2.61. The Morgan fingerprint density at radius 3 is 2.56 bits per heavy atom. The maximum atomic E-state index is 13.7. The Bertz CT molecular complexity index is 868. The maximum Gasteiger partial charge on any atom is 0.274 e. The lowest BCUT2D eigenvalue weighted by Crippen LogP contribution is -2.33. The summed E-state index contributed by atoms with van der Waals surface area (Å²) in [6, 6.07) is 11.1. The molecular weight excluding hydrogens is 319 g/mol. The van der Waals surface area contributed by atoms with E-state index in [0.717, 1.165) is 5.69 Å². The number of benzene rings is 1. The van der Waals surface area contributed by atoms with E-state index in [9.17, 15) is 9.18 Å². The minimum absolute atomic E-state index is 0.227. The highest BCUT2D eigenvalue weighted by atomic mass is 19.1. The van der Waals surface area contributed by atoms with Crippen LogP contribution in [0.1, 0.15) is 33.5 Å². The number of hydrogen-bond donors (Lipinski definition) is 0. The first-order valence-electron chi connectivity index (χ1n) is 7.78. The van der Waals surface area contributed by atoms with E-state index in [-0.39, 0.29) is 17.4 Å². The molecule has 6 heteroatoms. The highest BCUT2D eigenvalue weighted by Gasteiger charge is 2.26. The number of rotatable bonds is 4. The Morgan fingerprint density at radius 2 is 1.92 bits per heavy atom. The second kappa shape index (κ2) is 7.17. The zero-order chi connectivity index (χ0) is 17.8. The summed E-state index contributed by atoms with van der Waals surface area (Å²) in [5, 5.41) is 0. The maximum absolute atomic E-state index is 13.7. The number of nitrogens with zero attached hydrogens (tertiary/aromatic N) is 4. The van der Waals surface area contributed by atoms with Gasteiger partial charge in [0.25, 0.3) is 5.91 Å². The molecule has 0 aliphatic carbocycles. The standard InChI is InChI=1S/C19H17FN4O/c1-13-11-23-17(12-22-13)19(25)24(2)18(16-8-3-4-9-21-16)14-6-5-7-15(20)10-14/h3-12,18H,1-2H3/t18-/m1/s1. The topological polar surface area (TPSA) is 59.0 Å². The molecule has 0 saturated heterocycles. The van der Waals surface area contributed by atoms with Crippen LogP contribution in [-0.4, -0.2) is 32.8 Å². The molecule has 0 fully saturated rings. The quantitative estimate of drug-likeness (QED) is 0.734. The Balaban J connectivity index is 2.02. The van der Waals surface area contributed by atoms with Crippen LogP contribution in [0.3, 0.4) is 0 Å². The van der Waals surface area contributed by atoms with Crippen LogP contribution in [0.15, 0.2) is 61.1 Å². The second-order valence-corrected chi connectivity index (χ2v) is 5.67. The molecule has 1 amide bonds. The highest BCUT2D eigenvalue weighted by Crippen LogP contribution is 2.27. The molecule has 0 aliphatic rings. The van der Waals surface area contributed by atoms with E-state index in [4.69, 9.17) is 0 Å². The van der Waals surface area contributed by atoms with Crippen molar-refractivity contribution in [2.24, 2.45) is 0 Å². The van der Waals surface area contributed by atoms with Crippen molar-refractivity contribution in [2.45, 2.75) is 13.0 Å². The Morgan fingerprint density at radius 1 is 1.08 bits per heavy atom. The molecule has 126 valence electrons. The van der Waals surface area contributed by atoms with E-state index in [1.54, 1.807) is 50.6 Å². The molecule has 3 aromatic rings. The number of aromatic nitrogens is 3. The van der Waals surface area contributed by atoms with Gasteiger partial charge in [0.05, 0.1) is 23.6 Å². The minimum Gasteiger partial charge on any atom is -0.328 e. The van der Waals surface area contributed by atoms with Gasteiger partial charge in [-0.25, -0.2) is 9.37 Å². The molecule has 2 aromatic heterocycles. The van der Waals surface area contributed by atoms with Gasteiger partial charge in [0.15, 0.2) is 0 Å². The van der Waals surface area contributed by atoms with E-state index in [1.165, 1.54) is 23.2 Å². The first kappa shape index (κ1) is 16.7. The van der Waals surface area contributed by atoms with Crippen molar-refractivity contribution >= 4 is 5.91 Å². The zero-order valence-corrected chi connectivity index (χ0v) is 13.9. The van der Waals surface area contributed by atoms with Gasteiger partial charge in [0, 0.05) is 19.4 Å². The van der Waals surface area contributed by atoms with Gasteiger partial charge >= 0.3 is 0 Å². The number of carbonyl (C=O) groups is 1. The van der Waals surface area contributed by atoms with Crippen LogP contribution in [0.5, 0.6) is 0 Å². The molecule has 2 heterocycles. The fraction of sp³-hybridized carbons (Fsp3) is 0.158. The van der Waals surface area contributed by atoms with Crippen molar-refractivity contribution in [3.05, 3.63) is 89.5 Å². The molecule has 0 N–H and O–H groups in total. The lowest BCUT2D eigenvalue weighted by Gasteiger charge is -2.28. The van der Waals surface area contributed by atoms with Gasteiger partial charge in [-0.2, -0.15) is 0 Å². The molecule has 0 saturated carbocycles. The summed E-state index contributed by atoms with van der Waals surface area (Å²) in [7, 11) is 1.65. The number of pyridine rings is 1. The van der Waals surface area contributed by atoms with Crippen molar-refractivity contribution < 1.29 is 9.18 Å². The fourth-order valence-corrected chi connectivity index (χ4v) is 2.61. The SMILES string of the molecule is Cc1cnc(C(=O)N(C)[C@H](c2cccc(F)c2)c2ccccn2)cn1. The Hall–Kier alpha value is -3.15. The van der Waals surface area contributed by atoms with Crippen LogP contribution in [0, 0.1) is 12.7 Å². The third-order valence-electron chi connectivity index (χ3n) is 3.84. The average Bonchev–Trinajstić information content (AvgIpc) is 2.63. The van der Waals surface area contributed by atoms with Crippen LogP contribution in [0.2, 0.25) is 0 Å². The van der Waals surface area contributed by atoms with Crippen LogP contribution in [0.25, 0.3) is 0 Å². The first-order chi connectivity index (χ1) is 12.1. The molecule has 0 unspecified atom stereocenters. The molecule has 0 aliphatic heterocycles. The predicted octanol–water partition coefficient (Wildman–Crippen LogP) is 3.18. The van der Waals surface area contributed by atoms with E-state index in [2.05, 4.69) is 15.0 Å². The number of amides is 1.